The van der Waals surface area contributed by atoms with Crippen molar-refractivity contribution < 1.29 is 4.79 Å². The molecule has 1 aromatic carbocycles. The van der Waals surface area contributed by atoms with Crippen LogP contribution in [0.25, 0.3) is 0 Å². The third kappa shape index (κ3) is 4.48. The summed E-state index contributed by atoms with van der Waals surface area (Å²) < 4.78 is 0.851. The Kier molecular flexibility index (Phi) is 4.68. The number of benzene rings is 1. The number of hydrogen-bond donors (Lipinski definition) is 1. The van der Waals surface area contributed by atoms with E-state index in [0.717, 1.165) is 10.9 Å². The van der Waals surface area contributed by atoms with E-state index in [1.165, 1.54) is 11.1 Å². The predicted molar refractivity (Wildman–Crippen MR) is 80.1 cm³/mol. The first-order valence-electron chi connectivity index (χ1n) is 6.09. The Balaban J connectivity index is 1.88. The number of pyridine rings is 1. The van der Waals surface area contributed by atoms with Crippen molar-refractivity contribution in [1.29, 1.82) is 0 Å². The van der Waals surface area contributed by atoms with Gasteiger partial charge in [-0.05, 0) is 40.9 Å². The molecule has 0 spiro atoms. The lowest BCUT2D eigenvalue weighted by Gasteiger charge is -2.05. The van der Waals surface area contributed by atoms with E-state index in [1.54, 1.807) is 12.4 Å². The van der Waals surface area contributed by atoms with Crippen molar-refractivity contribution in [1.82, 2.24) is 4.98 Å². The van der Waals surface area contributed by atoms with E-state index < -0.39 is 0 Å². The number of aryl methyl sites for hydroxylation is 2. The summed E-state index contributed by atoms with van der Waals surface area (Å²) in [6.07, 6.45) is 4.53. The van der Waals surface area contributed by atoms with Crippen molar-refractivity contribution in [3.05, 3.63) is 58.3 Å². The molecule has 0 bridgehead atoms. The van der Waals surface area contributed by atoms with E-state index in [-0.39, 0.29) is 5.91 Å². The maximum atomic E-state index is 11.8. The Morgan fingerprint density at radius 2 is 2.16 bits per heavy atom. The fourth-order valence-corrected chi connectivity index (χ4v) is 2.19. The summed E-state index contributed by atoms with van der Waals surface area (Å²) in [4.78, 5) is 15.8. The molecular formula is C15H15BrN2O. The maximum absolute atomic E-state index is 11.8. The molecule has 0 unspecified atom stereocenters. The standard InChI is InChI=1S/C15H15BrN2O/c1-11-3-2-4-12(7-11)5-6-15(19)18-14-8-13(16)9-17-10-14/h2-4,7-10H,5-6H2,1H3,(H,18,19). The second kappa shape index (κ2) is 6.48. The quantitative estimate of drug-likeness (QED) is 0.933. The van der Waals surface area contributed by atoms with Crippen molar-refractivity contribution in [2.45, 2.75) is 19.8 Å². The number of halogens is 1. The Morgan fingerprint density at radius 3 is 2.89 bits per heavy atom. The van der Waals surface area contributed by atoms with E-state index in [1.807, 2.05) is 18.2 Å². The highest BCUT2D eigenvalue weighted by molar-refractivity contribution is 9.10. The van der Waals surface area contributed by atoms with Crippen LogP contribution < -0.4 is 5.32 Å². The van der Waals surface area contributed by atoms with Crippen molar-refractivity contribution in [3.63, 3.8) is 0 Å². The van der Waals surface area contributed by atoms with Gasteiger partial charge in [0.2, 0.25) is 5.91 Å². The average Bonchev–Trinajstić information content (AvgIpc) is 2.36. The number of amides is 1. The SMILES string of the molecule is Cc1cccc(CCC(=O)Nc2cncc(Br)c2)c1. The molecule has 4 heteroatoms. The zero-order valence-corrected chi connectivity index (χ0v) is 12.3. The number of nitrogens with one attached hydrogen (secondary N) is 1. The van der Waals surface area contributed by atoms with Gasteiger partial charge in [0.1, 0.15) is 0 Å². The van der Waals surface area contributed by atoms with E-state index >= 15 is 0 Å². The first kappa shape index (κ1) is 13.7. The Morgan fingerprint density at radius 1 is 1.32 bits per heavy atom. The van der Waals surface area contributed by atoms with Gasteiger partial charge < -0.3 is 5.32 Å². The topological polar surface area (TPSA) is 42.0 Å². The Hall–Kier alpha value is -1.68. The van der Waals surface area contributed by atoms with Crippen LogP contribution in [0.1, 0.15) is 17.5 Å². The smallest absolute Gasteiger partial charge is 0.224 e. The molecule has 19 heavy (non-hydrogen) atoms. The number of aromatic nitrogens is 1. The normalized spacial score (nSPS) is 10.2. The van der Waals surface area contributed by atoms with Crippen molar-refractivity contribution >= 4 is 27.5 Å². The van der Waals surface area contributed by atoms with Gasteiger partial charge in [-0.25, -0.2) is 0 Å². The number of hydrogen-bond acceptors (Lipinski definition) is 2. The second-order valence-corrected chi connectivity index (χ2v) is 5.34. The van der Waals surface area contributed by atoms with Crippen LogP contribution in [0.15, 0.2) is 47.2 Å². The van der Waals surface area contributed by atoms with Crippen molar-refractivity contribution in [2.75, 3.05) is 5.32 Å². The average molecular weight is 319 g/mol. The number of carbonyl (C=O) groups is 1. The number of anilines is 1. The zero-order chi connectivity index (χ0) is 13.7. The lowest BCUT2D eigenvalue weighted by atomic mass is 10.1. The number of nitrogens with zero attached hydrogens (tertiary/aromatic N) is 1. The summed E-state index contributed by atoms with van der Waals surface area (Å²) in [6, 6.07) is 10.0. The van der Waals surface area contributed by atoms with Gasteiger partial charge in [0.15, 0.2) is 0 Å². The lowest BCUT2D eigenvalue weighted by Crippen LogP contribution is -2.12. The van der Waals surface area contributed by atoms with Crippen LogP contribution in [0.3, 0.4) is 0 Å². The molecule has 0 saturated heterocycles. The maximum Gasteiger partial charge on any atom is 0.224 e. The molecule has 98 valence electrons. The van der Waals surface area contributed by atoms with Gasteiger partial charge in [-0.2, -0.15) is 0 Å². The van der Waals surface area contributed by atoms with E-state index in [9.17, 15) is 4.79 Å². The first-order valence-corrected chi connectivity index (χ1v) is 6.89. The molecule has 0 aliphatic carbocycles. The van der Waals surface area contributed by atoms with Crippen LogP contribution >= 0.6 is 15.9 Å². The van der Waals surface area contributed by atoms with Crippen LogP contribution in [-0.2, 0) is 11.2 Å². The van der Waals surface area contributed by atoms with Crippen LogP contribution in [0.5, 0.6) is 0 Å². The molecule has 2 aromatic rings. The molecule has 1 heterocycles. The van der Waals surface area contributed by atoms with E-state index in [0.29, 0.717) is 12.1 Å². The molecule has 0 aliphatic rings. The van der Waals surface area contributed by atoms with Gasteiger partial charge in [0.05, 0.1) is 11.9 Å². The fraction of sp³-hybridized carbons (Fsp3) is 0.200. The van der Waals surface area contributed by atoms with Gasteiger partial charge >= 0.3 is 0 Å². The monoisotopic (exact) mass is 318 g/mol. The molecule has 0 atom stereocenters. The third-order valence-corrected chi connectivity index (χ3v) is 3.15. The summed E-state index contributed by atoms with van der Waals surface area (Å²) in [7, 11) is 0. The Bertz CT molecular complexity index is 584. The van der Waals surface area contributed by atoms with Crippen molar-refractivity contribution in [2.24, 2.45) is 0 Å². The van der Waals surface area contributed by atoms with Crippen molar-refractivity contribution in [3.8, 4) is 0 Å². The highest BCUT2D eigenvalue weighted by Crippen LogP contribution is 2.14. The number of carbonyl (C=O) groups excluding carboxylic acids is 1. The first-order chi connectivity index (χ1) is 9.13. The fourth-order valence-electron chi connectivity index (χ4n) is 1.83. The molecular weight excluding hydrogens is 304 g/mol. The molecule has 0 aliphatic heterocycles. The van der Waals surface area contributed by atoms with Crippen LogP contribution in [-0.4, -0.2) is 10.9 Å². The van der Waals surface area contributed by atoms with E-state index in [2.05, 4.69) is 45.3 Å². The third-order valence-electron chi connectivity index (χ3n) is 2.71. The van der Waals surface area contributed by atoms with Crippen LogP contribution in [0, 0.1) is 6.92 Å². The molecule has 0 radical (unpaired) electrons. The number of rotatable bonds is 4. The van der Waals surface area contributed by atoms with Gasteiger partial charge in [-0.15, -0.1) is 0 Å². The minimum Gasteiger partial charge on any atom is -0.325 e. The summed E-state index contributed by atoms with van der Waals surface area (Å²) in [5, 5.41) is 2.84. The second-order valence-electron chi connectivity index (χ2n) is 4.43. The molecule has 1 amide bonds. The van der Waals surface area contributed by atoms with Gasteiger partial charge in [0.25, 0.3) is 0 Å². The summed E-state index contributed by atoms with van der Waals surface area (Å²) >= 11 is 3.32. The molecule has 0 saturated carbocycles. The van der Waals surface area contributed by atoms with Crippen LogP contribution in [0.4, 0.5) is 5.69 Å². The minimum atomic E-state index is 0.00130. The lowest BCUT2D eigenvalue weighted by molar-refractivity contribution is -0.116. The summed E-state index contributed by atoms with van der Waals surface area (Å²) in [5.74, 6) is 0.00130. The summed E-state index contributed by atoms with van der Waals surface area (Å²) in [5.41, 5.74) is 3.11. The van der Waals surface area contributed by atoms with Gasteiger partial charge in [-0.3, -0.25) is 9.78 Å². The molecule has 1 aromatic heterocycles. The minimum absolute atomic E-state index is 0.00130. The predicted octanol–water partition coefficient (Wildman–Crippen LogP) is 3.72. The van der Waals surface area contributed by atoms with E-state index in [4.69, 9.17) is 0 Å². The highest BCUT2D eigenvalue weighted by atomic mass is 79.9. The Labute approximate surface area is 121 Å². The van der Waals surface area contributed by atoms with Gasteiger partial charge in [-0.1, -0.05) is 29.8 Å². The zero-order valence-electron chi connectivity index (χ0n) is 10.7. The molecule has 1 N–H and O–H groups in total. The molecule has 2 rings (SSSR count). The molecule has 3 nitrogen and oxygen atoms in total. The highest BCUT2D eigenvalue weighted by Gasteiger charge is 2.04. The molecule has 0 fully saturated rings. The summed E-state index contributed by atoms with van der Waals surface area (Å²) in [6.45, 7) is 2.05. The van der Waals surface area contributed by atoms with Crippen LogP contribution in [0.2, 0.25) is 0 Å². The van der Waals surface area contributed by atoms with Gasteiger partial charge in [0, 0.05) is 17.1 Å². The largest absolute Gasteiger partial charge is 0.325 e.